The molecule has 94 valence electrons. The van der Waals surface area contributed by atoms with E-state index in [0.717, 1.165) is 0 Å². The summed E-state index contributed by atoms with van der Waals surface area (Å²) >= 11 is 12.0. The van der Waals surface area contributed by atoms with Crippen LogP contribution in [0.1, 0.15) is 0 Å². The summed E-state index contributed by atoms with van der Waals surface area (Å²) in [4.78, 5) is 15.5. The predicted molar refractivity (Wildman–Crippen MR) is 69.7 cm³/mol. The highest BCUT2D eigenvalue weighted by molar-refractivity contribution is 6.35. The third-order valence-corrected chi connectivity index (χ3v) is 2.98. The van der Waals surface area contributed by atoms with E-state index in [9.17, 15) is 4.79 Å². The van der Waals surface area contributed by atoms with Gasteiger partial charge < -0.3 is 9.30 Å². The van der Waals surface area contributed by atoms with Gasteiger partial charge in [-0.3, -0.25) is 4.79 Å². The molecule has 0 aliphatic heterocycles. The minimum Gasteiger partial charge on any atom is -0.468 e. The number of halogens is 2. The zero-order valence-electron chi connectivity index (χ0n) is 9.56. The highest BCUT2D eigenvalue weighted by atomic mass is 35.5. The molecule has 0 bridgehead atoms. The SMILES string of the molecule is COC(=O)Cn1ccnc1-c1cc(Cl)ccc1Cl. The lowest BCUT2D eigenvalue weighted by atomic mass is 10.2. The van der Waals surface area contributed by atoms with E-state index in [1.165, 1.54) is 7.11 Å². The van der Waals surface area contributed by atoms with E-state index in [-0.39, 0.29) is 12.5 Å². The molecule has 0 fully saturated rings. The third kappa shape index (κ3) is 2.66. The number of methoxy groups -OCH3 is 1. The molecule has 1 aromatic heterocycles. The number of rotatable bonds is 3. The second-order valence-corrected chi connectivity index (χ2v) is 4.42. The lowest BCUT2D eigenvalue weighted by molar-refractivity contribution is -0.141. The molecular weight excluding hydrogens is 275 g/mol. The van der Waals surface area contributed by atoms with Crippen molar-refractivity contribution in [2.24, 2.45) is 0 Å². The van der Waals surface area contributed by atoms with Crippen molar-refractivity contribution in [2.45, 2.75) is 6.54 Å². The number of carbonyl (C=O) groups excluding carboxylic acids is 1. The summed E-state index contributed by atoms with van der Waals surface area (Å²) in [6, 6.07) is 5.09. The first-order chi connectivity index (χ1) is 8.61. The number of hydrogen-bond donors (Lipinski definition) is 0. The van der Waals surface area contributed by atoms with Crippen LogP contribution >= 0.6 is 23.2 Å². The number of benzene rings is 1. The molecule has 0 amide bonds. The highest BCUT2D eigenvalue weighted by Gasteiger charge is 2.12. The molecule has 0 radical (unpaired) electrons. The lowest BCUT2D eigenvalue weighted by Crippen LogP contribution is -2.11. The van der Waals surface area contributed by atoms with Gasteiger partial charge in [0, 0.05) is 23.0 Å². The van der Waals surface area contributed by atoms with Gasteiger partial charge in [0.05, 0.1) is 12.1 Å². The normalized spacial score (nSPS) is 10.4. The second kappa shape index (κ2) is 5.42. The van der Waals surface area contributed by atoms with Gasteiger partial charge in [-0.15, -0.1) is 0 Å². The summed E-state index contributed by atoms with van der Waals surface area (Å²) in [7, 11) is 1.34. The number of imidazole rings is 1. The van der Waals surface area contributed by atoms with E-state index >= 15 is 0 Å². The van der Waals surface area contributed by atoms with Crippen LogP contribution in [0.4, 0.5) is 0 Å². The first-order valence-corrected chi connectivity index (χ1v) is 5.91. The van der Waals surface area contributed by atoms with Crippen LogP contribution in [-0.4, -0.2) is 22.6 Å². The monoisotopic (exact) mass is 284 g/mol. The largest absolute Gasteiger partial charge is 0.468 e. The van der Waals surface area contributed by atoms with Crippen LogP contribution in [0.2, 0.25) is 10.0 Å². The van der Waals surface area contributed by atoms with Crippen LogP contribution in [0.3, 0.4) is 0 Å². The van der Waals surface area contributed by atoms with Gasteiger partial charge in [0.1, 0.15) is 12.4 Å². The Kier molecular flexibility index (Phi) is 3.89. The molecule has 1 aromatic carbocycles. The van der Waals surface area contributed by atoms with Crippen LogP contribution < -0.4 is 0 Å². The van der Waals surface area contributed by atoms with E-state index in [2.05, 4.69) is 9.72 Å². The Balaban J connectivity index is 2.42. The molecule has 0 saturated carbocycles. The van der Waals surface area contributed by atoms with Crippen LogP contribution in [0.15, 0.2) is 30.6 Å². The number of esters is 1. The van der Waals surface area contributed by atoms with Crippen molar-refractivity contribution in [2.75, 3.05) is 7.11 Å². The number of aromatic nitrogens is 2. The Morgan fingerprint density at radius 3 is 2.94 bits per heavy atom. The van der Waals surface area contributed by atoms with Gasteiger partial charge in [-0.05, 0) is 18.2 Å². The molecule has 0 unspecified atom stereocenters. The fourth-order valence-electron chi connectivity index (χ4n) is 1.55. The molecule has 2 rings (SSSR count). The maximum Gasteiger partial charge on any atom is 0.325 e. The molecule has 6 heteroatoms. The minimum atomic E-state index is -0.354. The Bertz CT molecular complexity index is 581. The zero-order chi connectivity index (χ0) is 13.1. The van der Waals surface area contributed by atoms with Gasteiger partial charge in [-0.25, -0.2) is 4.98 Å². The second-order valence-electron chi connectivity index (χ2n) is 3.58. The van der Waals surface area contributed by atoms with E-state index in [4.69, 9.17) is 23.2 Å². The molecule has 0 saturated heterocycles. The van der Waals surface area contributed by atoms with Gasteiger partial charge in [0.2, 0.25) is 0 Å². The number of nitrogens with zero attached hydrogens (tertiary/aromatic N) is 2. The fraction of sp³-hybridized carbons (Fsp3) is 0.167. The molecule has 0 atom stereocenters. The van der Waals surface area contributed by atoms with Gasteiger partial charge in [-0.1, -0.05) is 23.2 Å². The average molecular weight is 285 g/mol. The van der Waals surface area contributed by atoms with Crippen molar-refractivity contribution in [1.82, 2.24) is 9.55 Å². The predicted octanol–water partition coefficient (Wildman–Crippen LogP) is 3.03. The smallest absolute Gasteiger partial charge is 0.325 e. The molecule has 1 heterocycles. The van der Waals surface area contributed by atoms with Crippen LogP contribution in [-0.2, 0) is 16.1 Å². The van der Waals surface area contributed by atoms with Crippen LogP contribution in [0.25, 0.3) is 11.4 Å². The Hall–Kier alpha value is -1.52. The molecule has 18 heavy (non-hydrogen) atoms. The molecule has 0 aliphatic rings. The van der Waals surface area contributed by atoms with E-state index in [0.29, 0.717) is 21.4 Å². The van der Waals surface area contributed by atoms with E-state index in [1.54, 1.807) is 35.2 Å². The number of hydrogen-bond acceptors (Lipinski definition) is 3. The van der Waals surface area contributed by atoms with Crippen molar-refractivity contribution in [3.63, 3.8) is 0 Å². The van der Waals surface area contributed by atoms with Crippen molar-refractivity contribution >= 4 is 29.2 Å². The van der Waals surface area contributed by atoms with E-state index < -0.39 is 0 Å². The maximum absolute atomic E-state index is 11.3. The lowest BCUT2D eigenvalue weighted by Gasteiger charge is -2.08. The highest BCUT2D eigenvalue weighted by Crippen LogP contribution is 2.29. The number of carbonyl (C=O) groups is 1. The summed E-state index contributed by atoms with van der Waals surface area (Å²) in [6.45, 7) is 0.0781. The Morgan fingerprint density at radius 1 is 1.44 bits per heavy atom. The standard InChI is InChI=1S/C12H10Cl2N2O2/c1-18-11(17)7-16-5-4-15-12(16)9-6-8(13)2-3-10(9)14/h2-6H,7H2,1H3. The summed E-state index contributed by atoms with van der Waals surface area (Å²) < 4.78 is 6.28. The summed E-state index contributed by atoms with van der Waals surface area (Å²) in [5.74, 6) is 0.223. The fourth-order valence-corrected chi connectivity index (χ4v) is 1.93. The molecule has 0 N–H and O–H groups in total. The molecule has 2 aromatic rings. The molecular formula is C12H10Cl2N2O2. The van der Waals surface area contributed by atoms with Gasteiger partial charge >= 0.3 is 5.97 Å². The van der Waals surface area contributed by atoms with Crippen LogP contribution in [0, 0.1) is 0 Å². The van der Waals surface area contributed by atoms with Gasteiger partial charge in [0.15, 0.2) is 0 Å². The zero-order valence-corrected chi connectivity index (χ0v) is 11.1. The third-order valence-electron chi connectivity index (χ3n) is 2.41. The summed E-state index contributed by atoms with van der Waals surface area (Å²) in [6.07, 6.45) is 3.28. The Morgan fingerprint density at radius 2 is 2.22 bits per heavy atom. The molecule has 0 aliphatic carbocycles. The summed E-state index contributed by atoms with van der Waals surface area (Å²) in [5.41, 5.74) is 0.679. The minimum absolute atomic E-state index is 0.0781. The summed E-state index contributed by atoms with van der Waals surface area (Å²) in [5, 5.41) is 1.08. The van der Waals surface area contributed by atoms with Crippen molar-refractivity contribution in [3.05, 3.63) is 40.6 Å². The average Bonchev–Trinajstić information content (AvgIpc) is 2.80. The van der Waals surface area contributed by atoms with Crippen molar-refractivity contribution < 1.29 is 9.53 Å². The van der Waals surface area contributed by atoms with E-state index in [1.807, 2.05) is 0 Å². The molecule has 4 nitrogen and oxygen atoms in total. The van der Waals surface area contributed by atoms with Crippen LogP contribution in [0.5, 0.6) is 0 Å². The van der Waals surface area contributed by atoms with Gasteiger partial charge in [0.25, 0.3) is 0 Å². The maximum atomic E-state index is 11.3. The topological polar surface area (TPSA) is 44.1 Å². The first kappa shape index (κ1) is 12.9. The van der Waals surface area contributed by atoms with Gasteiger partial charge in [-0.2, -0.15) is 0 Å². The van der Waals surface area contributed by atoms with Crippen molar-refractivity contribution in [1.29, 1.82) is 0 Å². The quantitative estimate of drug-likeness (QED) is 0.814. The van der Waals surface area contributed by atoms with Crippen molar-refractivity contribution in [3.8, 4) is 11.4 Å². The number of ether oxygens (including phenoxy) is 1. The first-order valence-electron chi connectivity index (χ1n) is 5.15. The Labute approximate surface area is 114 Å². The molecule has 0 spiro atoms.